The summed E-state index contributed by atoms with van der Waals surface area (Å²) in [6, 6.07) is 3.23. The molecule has 1 aliphatic heterocycles. The van der Waals surface area contributed by atoms with Gasteiger partial charge in [-0.3, -0.25) is 0 Å². The van der Waals surface area contributed by atoms with Crippen molar-refractivity contribution in [3.8, 4) is 0 Å². The van der Waals surface area contributed by atoms with E-state index in [4.69, 9.17) is 9.52 Å². The smallest absolute Gasteiger partial charge is 0.371 e. The highest BCUT2D eigenvalue weighted by Crippen LogP contribution is 2.25. The van der Waals surface area contributed by atoms with Crippen LogP contribution in [0.4, 0.5) is 5.88 Å². The van der Waals surface area contributed by atoms with Crippen LogP contribution in [0.2, 0.25) is 0 Å². The van der Waals surface area contributed by atoms with Gasteiger partial charge in [-0.05, 0) is 6.07 Å². The Bertz CT molecular complexity index is 363. The molecule has 1 atom stereocenters. The van der Waals surface area contributed by atoms with E-state index in [0.29, 0.717) is 11.1 Å². The van der Waals surface area contributed by atoms with Gasteiger partial charge in [0, 0.05) is 30.2 Å². The summed E-state index contributed by atoms with van der Waals surface area (Å²) in [6.07, 6.45) is 0. The lowest BCUT2D eigenvalue weighted by Gasteiger charge is -2.30. The van der Waals surface area contributed by atoms with Gasteiger partial charge >= 0.3 is 5.97 Å². The van der Waals surface area contributed by atoms with E-state index in [-0.39, 0.29) is 5.76 Å². The Balaban J connectivity index is 2.11. The molecule has 2 heterocycles. The Morgan fingerprint density at radius 1 is 1.67 bits per heavy atom. The Labute approximate surface area is 92.2 Å². The van der Waals surface area contributed by atoms with Crippen molar-refractivity contribution in [1.82, 2.24) is 0 Å². The molecule has 1 aromatic rings. The minimum atomic E-state index is -1.01. The normalized spacial score (nSPS) is 21.7. The Hall–Kier alpha value is -1.10. The van der Waals surface area contributed by atoms with Crippen LogP contribution >= 0.6 is 11.8 Å². The first-order chi connectivity index (χ1) is 7.16. The molecule has 1 saturated heterocycles. The summed E-state index contributed by atoms with van der Waals surface area (Å²) < 4.78 is 5.25. The largest absolute Gasteiger partial charge is 0.475 e. The molecule has 1 aliphatic rings. The number of thioether (sulfide) groups is 1. The first-order valence-electron chi connectivity index (χ1n) is 4.86. The molecule has 0 aliphatic carbocycles. The second-order valence-electron chi connectivity index (χ2n) is 3.57. The molecule has 4 nitrogen and oxygen atoms in total. The van der Waals surface area contributed by atoms with Gasteiger partial charge in [0.25, 0.3) is 0 Å². The molecule has 5 heteroatoms. The first-order valence-corrected chi connectivity index (χ1v) is 5.91. The van der Waals surface area contributed by atoms with Gasteiger partial charge in [-0.1, -0.05) is 6.92 Å². The highest BCUT2D eigenvalue weighted by atomic mass is 32.2. The standard InChI is InChI=1S/C10H13NO3S/c1-7-6-11(4-5-15-7)9-3-2-8(14-9)10(12)13/h2-3,7H,4-6H2,1H3,(H,12,13). The van der Waals surface area contributed by atoms with Gasteiger partial charge in [0.1, 0.15) is 0 Å². The summed E-state index contributed by atoms with van der Waals surface area (Å²) in [5.41, 5.74) is 0. The average Bonchev–Trinajstić information content (AvgIpc) is 2.66. The van der Waals surface area contributed by atoms with Crippen LogP contribution in [0, 0.1) is 0 Å². The number of nitrogens with zero attached hydrogens (tertiary/aromatic N) is 1. The molecule has 0 spiro atoms. The second kappa shape index (κ2) is 4.18. The monoisotopic (exact) mass is 227 g/mol. The van der Waals surface area contributed by atoms with E-state index >= 15 is 0 Å². The van der Waals surface area contributed by atoms with Crippen LogP contribution in [0.25, 0.3) is 0 Å². The van der Waals surface area contributed by atoms with E-state index in [9.17, 15) is 4.79 Å². The van der Waals surface area contributed by atoms with E-state index in [1.54, 1.807) is 6.07 Å². The van der Waals surface area contributed by atoms with Crippen molar-refractivity contribution < 1.29 is 14.3 Å². The van der Waals surface area contributed by atoms with Crippen LogP contribution < -0.4 is 4.90 Å². The highest BCUT2D eigenvalue weighted by Gasteiger charge is 2.20. The van der Waals surface area contributed by atoms with Gasteiger partial charge in [-0.15, -0.1) is 0 Å². The van der Waals surface area contributed by atoms with Crippen molar-refractivity contribution in [2.75, 3.05) is 23.7 Å². The van der Waals surface area contributed by atoms with Crippen molar-refractivity contribution in [2.45, 2.75) is 12.2 Å². The Morgan fingerprint density at radius 3 is 3.07 bits per heavy atom. The molecule has 2 rings (SSSR count). The molecule has 0 amide bonds. The molecule has 0 radical (unpaired) electrons. The number of anilines is 1. The number of rotatable bonds is 2. The lowest BCUT2D eigenvalue weighted by atomic mass is 10.4. The number of carbonyl (C=O) groups is 1. The quantitative estimate of drug-likeness (QED) is 0.836. The maximum atomic E-state index is 10.6. The fourth-order valence-corrected chi connectivity index (χ4v) is 2.64. The van der Waals surface area contributed by atoms with Crippen molar-refractivity contribution >= 4 is 23.6 Å². The zero-order valence-electron chi connectivity index (χ0n) is 8.47. The van der Waals surface area contributed by atoms with Crippen LogP contribution in [0.1, 0.15) is 17.5 Å². The van der Waals surface area contributed by atoms with E-state index in [1.165, 1.54) is 6.07 Å². The summed E-state index contributed by atoms with van der Waals surface area (Å²) in [4.78, 5) is 12.7. The molecule has 15 heavy (non-hydrogen) atoms. The topological polar surface area (TPSA) is 53.7 Å². The predicted octanol–water partition coefficient (Wildman–Crippen LogP) is 1.92. The summed E-state index contributed by atoms with van der Waals surface area (Å²) in [5.74, 6) is 0.723. The first kappa shape index (κ1) is 10.4. The average molecular weight is 227 g/mol. The Morgan fingerprint density at radius 2 is 2.47 bits per heavy atom. The molecule has 1 aromatic heterocycles. The third kappa shape index (κ3) is 2.28. The maximum Gasteiger partial charge on any atom is 0.371 e. The SMILES string of the molecule is CC1CN(c2ccc(C(=O)O)o2)CCS1. The molecule has 1 unspecified atom stereocenters. The fourth-order valence-electron chi connectivity index (χ4n) is 1.63. The number of carboxylic acids is 1. The summed E-state index contributed by atoms with van der Waals surface area (Å²) in [6.45, 7) is 4.00. The third-order valence-corrected chi connectivity index (χ3v) is 3.49. The second-order valence-corrected chi connectivity index (χ2v) is 5.12. The molecule has 0 bridgehead atoms. The number of furan rings is 1. The molecular weight excluding hydrogens is 214 g/mol. The van der Waals surface area contributed by atoms with E-state index in [1.807, 2.05) is 11.8 Å². The van der Waals surface area contributed by atoms with Gasteiger partial charge in [0.2, 0.25) is 5.76 Å². The zero-order valence-corrected chi connectivity index (χ0v) is 9.29. The molecule has 0 aromatic carbocycles. The van der Waals surface area contributed by atoms with Gasteiger partial charge in [-0.2, -0.15) is 11.8 Å². The maximum absolute atomic E-state index is 10.6. The molecule has 1 fully saturated rings. The van der Waals surface area contributed by atoms with Crippen LogP contribution in [-0.2, 0) is 0 Å². The van der Waals surface area contributed by atoms with Gasteiger partial charge in [-0.25, -0.2) is 4.79 Å². The molecule has 0 saturated carbocycles. The molecular formula is C10H13NO3S. The van der Waals surface area contributed by atoms with Crippen LogP contribution in [-0.4, -0.2) is 35.2 Å². The van der Waals surface area contributed by atoms with Crippen molar-refractivity contribution in [1.29, 1.82) is 0 Å². The van der Waals surface area contributed by atoms with Crippen LogP contribution in [0.5, 0.6) is 0 Å². The van der Waals surface area contributed by atoms with E-state index in [0.717, 1.165) is 18.8 Å². The molecule has 1 N–H and O–H groups in total. The van der Waals surface area contributed by atoms with Crippen molar-refractivity contribution in [3.05, 3.63) is 17.9 Å². The lowest BCUT2D eigenvalue weighted by molar-refractivity contribution is 0.0663. The minimum absolute atomic E-state index is 0.0101. The van der Waals surface area contributed by atoms with Gasteiger partial charge < -0.3 is 14.4 Å². The number of carboxylic acid groups (broad SMARTS) is 1. The predicted molar refractivity (Wildman–Crippen MR) is 59.8 cm³/mol. The zero-order chi connectivity index (χ0) is 10.8. The molecule has 82 valence electrons. The lowest BCUT2D eigenvalue weighted by Crippen LogP contribution is -2.36. The van der Waals surface area contributed by atoms with E-state index < -0.39 is 5.97 Å². The van der Waals surface area contributed by atoms with Gasteiger partial charge in [0.05, 0.1) is 0 Å². The summed E-state index contributed by atoms with van der Waals surface area (Å²) in [5, 5.41) is 9.30. The number of hydrogen-bond donors (Lipinski definition) is 1. The van der Waals surface area contributed by atoms with E-state index in [2.05, 4.69) is 11.8 Å². The van der Waals surface area contributed by atoms with Crippen molar-refractivity contribution in [2.24, 2.45) is 0 Å². The number of hydrogen-bond acceptors (Lipinski definition) is 4. The fraction of sp³-hybridized carbons (Fsp3) is 0.500. The summed E-state index contributed by atoms with van der Waals surface area (Å²) in [7, 11) is 0. The Kier molecular flexibility index (Phi) is 2.90. The van der Waals surface area contributed by atoms with Crippen LogP contribution in [0.15, 0.2) is 16.5 Å². The van der Waals surface area contributed by atoms with Gasteiger partial charge in [0.15, 0.2) is 5.88 Å². The minimum Gasteiger partial charge on any atom is -0.475 e. The summed E-state index contributed by atoms with van der Waals surface area (Å²) >= 11 is 1.93. The number of aromatic carboxylic acids is 1. The third-order valence-electron chi connectivity index (χ3n) is 2.36. The highest BCUT2D eigenvalue weighted by molar-refractivity contribution is 8.00. The van der Waals surface area contributed by atoms with Crippen molar-refractivity contribution in [3.63, 3.8) is 0 Å². The van der Waals surface area contributed by atoms with Crippen LogP contribution in [0.3, 0.4) is 0 Å².